The Morgan fingerprint density at radius 3 is 2.28 bits per heavy atom. The number of allylic oxidation sites excluding steroid dienone is 3. The van der Waals surface area contributed by atoms with Gasteiger partial charge in [0.1, 0.15) is 12.7 Å². The summed E-state index contributed by atoms with van der Waals surface area (Å²) >= 11 is 0. The van der Waals surface area contributed by atoms with Gasteiger partial charge in [-0.3, -0.25) is 9.59 Å². The maximum Gasteiger partial charge on any atom is 0.338 e. The van der Waals surface area contributed by atoms with Crippen LogP contribution in [0, 0.1) is 0 Å². The van der Waals surface area contributed by atoms with Crippen molar-refractivity contribution in [3.63, 3.8) is 0 Å². The molecule has 8 nitrogen and oxygen atoms in total. The lowest BCUT2D eigenvalue weighted by Gasteiger charge is -2.18. The lowest BCUT2D eigenvalue weighted by Crippen LogP contribution is -2.26. The molecule has 1 fully saturated rings. The summed E-state index contributed by atoms with van der Waals surface area (Å²) in [6.07, 6.45) is 6.64. The number of carbonyl (C=O) groups is 4. The molecular weight excluding hydrogens is 500 g/mol. The average Bonchev–Trinajstić information content (AvgIpc) is 3.14. The van der Waals surface area contributed by atoms with Crippen molar-refractivity contribution in [2.45, 2.75) is 79.1 Å². The highest BCUT2D eigenvalue weighted by Crippen LogP contribution is 2.28. The van der Waals surface area contributed by atoms with Gasteiger partial charge in [-0.05, 0) is 70.4 Å². The van der Waals surface area contributed by atoms with Crippen LogP contribution >= 0.6 is 0 Å². The van der Waals surface area contributed by atoms with Gasteiger partial charge in [-0.1, -0.05) is 41.5 Å². The Morgan fingerprint density at radius 2 is 1.67 bits per heavy atom. The fraction of sp³-hybridized carbons (Fsp3) is 0.419. The first-order chi connectivity index (χ1) is 18.5. The smallest absolute Gasteiger partial charge is 0.338 e. The highest BCUT2D eigenvalue weighted by Gasteiger charge is 2.41. The van der Waals surface area contributed by atoms with Crippen LogP contribution in [-0.4, -0.2) is 48.8 Å². The minimum Gasteiger partial charge on any atom is -0.458 e. The van der Waals surface area contributed by atoms with E-state index in [1.807, 2.05) is 45.9 Å². The SMILES string of the molecule is CC(=O)OC(C/C=C1/C(=O)O[C@H](C=C(C)C)[C@H]1OC(C)=O)/C(C)=C/CC/C(C)=C\COC(=O)c1ccccc1. The zero-order chi connectivity index (χ0) is 28.9. The molecule has 1 aromatic rings. The molecule has 0 amide bonds. The van der Waals surface area contributed by atoms with Crippen molar-refractivity contribution < 1.29 is 38.1 Å². The molecule has 0 radical (unpaired) electrons. The van der Waals surface area contributed by atoms with E-state index in [1.54, 1.807) is 36.4 Å². The number of hydrogen-bond acceptors (Lipinski definition) is 8. The van der Waals surface area contributed by atoms with Crippen LogP contribution in [0.15, 0.2) is 76.9 Å². The van der Waals surface area contributed by atoms with Crippen LogP contribution in [0.5, 0.6) is 0 Å². The zero-order valence-electron chi connectivity index (χ0n) is 23.5. The minimum absolute atomic E-state index is 0.180. The van der Waals surface area contributed by atoms with Crippen LogP contribution in [0.3, 0.4) is 0 Å². The van der Waals surface area contributed by atoms with Crippen LogP contribution < -0.4 is 0 Å². The summed E-state index contributed by atoms with van der Waals surface area (Å²) in [5.41, 5.74) is 3.52. The standard InChI is InChI=1S/C31H38O8/c1-20(2)19-28-29(38-24(6)33)26(31(35)39-28)15-16-27(37-23(5)32)22(4)12-10-11-21(3)17-18-36-30(34)25-13-8-7-9-14-25/h7-9,12-15,17,19,27-29H,10-11,16,18H2,1-6H3/b21-17-,22-12+,26-15+/t27?,28-,29+/m1/s1. The fourth-order valence-corrected chi connectivity index (χ4v) is 3.94. The molecule has 1 heterocycles. The summed E-state index contributed by atoms with van der Waals surface area (Å²) in [7, 11) is 0. The van der Waals surface area contributed by atoms with Crippen molar-refractivity contribution in [3.05, 3.63) is 82.5 Å². The summed E-state index contributed by atoms with van der Waals surface area (Å²) in [6.45, 7) is 10.3. The van der Waals surface area contributed by atoms with Gasteiger partial charge in [0.05, 0.1) is 11.1 Å². The van der Waals surface area contributed by atoms with Crippen LogP contribution in [0.4, 0.5) is 0 Å². The van der Waals surface area contributed by atoms with Crippen LogP contribution in [-0.2, 0) is 33.3 Å². The second-order valence-electron chi connectivity index (χ2n) is 9.64. The summed E-state index contributed by atoms with van der Waals surface area (Å²) < 4.78 is 21.6. The Labute approximate surface area is 230 Å². The molecule has 0 saturated carbocycles. The van der Waals surface area contributed by atoms with Crippen LogP contribution in [0.1, 0.15) is 71.2 Å². The summed E-state index contributed by atoms with van der Waals surface area (Å²) in [6, 6.07) is 8.81. The first kappa shape index (κ1) is 31.3. The lowest BCUT2D eigenvalue weighted by atomic mass is 10.0. The summed E-state index contributed by atoms with van der Waals surface area (Å²) in [4.78, 5) is 48.0. The van der Waals surface area contributed by atoms with E-state index in [2.05, 4.69) is 0 Å². The highest BCUT2D eigenvalue weighted by molar-refractivity contribution is 5.93. The van der Waals surface area contributed by atoms with Gasteiger partial charge in [0, 0.05) is 20.3 Å². The van der Waals surface area contributed by atoms with Crippen molar-refractivity contribution in [2.75, 3.05) is 6.61 Å². The van der Waals surface area contributed by atoms with E-state index >= 15 is 0 Å². The molecule has 2 rings (SSSR count). The molecule has 0 bridgehead atoms. The molecular formula is C31H38O8. The second-order valence-corrected chi connectivity index (χ2v) is 9.64. The topological polar surface area (TPSA) is 105 Å². The normalized spacial score (nSPS) is 19.2. The Morgan fingerprint density at radius 1 is 0.974 bits per heavy atom. The molecule has 0 aromatic heterocycles. The van der Waals surface area contributed by atoms with Crippen molar-refractivity contribution in [3.8, 4) is 0 Å². The molecule has 210 valence electrons. The maximum absolute atomic E-state index is 12.5. The van der Waals surface area contributed by atoms with E-state index in [1.165, 1.54) is 13.8 Å². The van der Waals surface area contributed by atoms with E-state index in [9.17, 15) is 19.2 Å². The molecule has 0 aliphatic carbocycles. The Bertz CT molecular complexity index is 1150. The quantitative estimate of drug-likeness (QED) is 0.147. The van der Waals surface area contributed by atoms with Gasteiger partial charge in [-0.15, -0.1) is 0 Å². The van der Waals surface area contributed by atoms with Gasteiger partial charge >= 0.3 is 23.9 Å². The Kier molecular flexibility index (Phi) is 12.4. The molecule has 39 heavy (non-hydrogen) atoms. The predicted octanol–water partition coefficient (Wildman–Crippen LogP) is 5.59. The van der Waals surface area contributed by atoms with Crippen molar-refractivity contribution in [1.82, 2.24) is 0 Å². The van der Waals surface area contributed by atoms with E-state index in [0.717, 1.165) is 23.1 Å². The molecule has 1 aromatic carbocycles. The Balaban J connectivity index is 2.02. The molecule has 1 aliphatic heterocycles. The number of cyclic esters (lactones) is 1. The molecule has 1 unspecified atom stereocenters. The van der Waals surface area contributed by atoms with Crippen LogP contribution in [0.25, 0.3) is 0 Å². The number of hydrogen-bond donors (Lipinski definition) is 0. The number of ether oxygens (including phenoxy) is 4. The van der Waals surface area contributed by atoms with Gasteiger partial charge in [-0.2, -0.15) is 0 Å². The largest absolute Gasteiger partial charge is 0.458 e. The summed E-state index contributed by atoms with van der Waals surface area (Å²) in [5.74, 6) is -1.92. The molecule has 0 N–H and O–H groups in total. The fourth-order valence-electron chi connectivity index (χ4n) is 3.94. The first-order valence-electron chi connectivity index (χ1n) is 12.9. The van der Waals surface area contributed by atoms with Gasteiger partial charge < -0.3 is 18.9 Å². The van der Waals surface area contributed by atoms with Crippen molar-refractivity contribution in [1.29, 1.82) is 0 Å². The molecule has 1 saturated heterocycles. The lowest BCUT2D eigenvalue weighted by molar-refractivity contribution is -0.148. The van der Waals surface area contributed by atoms with Gasteiger partial charge in [0.15, 0.2) is 12.2 Å². The third-order valence-electron chi connectivity index (χ3n) is 5.90. The monoisotopic (exact) mass is 538 g/mol. The van der Waals surface area contributed by atoms with Gasteiger partial charge in [-0.25, -0.2) is 9.59 Å². The zero-order valence-corrected chi connectivity index (χ0v) is 23.5. The number of benzene rings is 1. The van der Waals surface area contributed by atoms with E-state index < -0.39 is 36.2 Å². The van der Waals surface area contributed by atoms with Crippen LogP contribution in [0.2, 0.25) is 0 Å². The van der Waals surface area contributed by atoms with Crippen molar-refractivity contribution >= 4 is 23.9 Å². The Hall–Kier alpha value is -3.94. The van der Waals surface area contributed by atoms with E-state index in [4.69, 9.17) is 18.9 Å². The third kappa shape index (κ3) is 10.8. The third-order valence-corrected chi connectivity index (χ3v) is 5.90. The minimum atomic E-state index is -0.865. The predicted molar refractivity (Wildman–Crippen MR) is 147 cm³/mol. The van der Waals surface area contributed by atoms with E-state index in [-0.39, 0.29) is 24.6 Å². The maximum atomic E-state index is 12.5. The average molecular weight is 539 g/mol. The molecule has 8 heteroatoms. The molecule has 0 spiro atoms. The number of carbonyl (C=O) groups excluding carboxylic acids is 4. The molecule has 1 aliphatic rings. The molecule has 3 atom stereocenters. The van der Waals surface area contributed by atoms with E-state index in [0.29, 0.717) is 12.0 Å². The first-order valence-corrected chi connectivity index (χ1v) is 12.9. The number of esters is 4. The number of rotatable bonds is 12. The highest BCUT2D eigenvalue weighted by atomic mass is 16.6. The summed E-state index contributed by atoms with van der Waals surface area (Å²) in [5, 5.41) is 0. The van der Waals surface area contributed by atoms with Crippen molar-refractivity contribution in [2.24, 2.45) is 0 Å². The van der Waals surface area contributed by atoms with Gasteiger partial charge in [0.25, 0.3) is 0 Å². The second kappa shape index (κ2) is 15.5. The van der Waals surface area contributed by atoms with Gasteiger partial charge in [0.2, 0.25) is 0 Å².